The molecule has 2 rings (SSSR count). The first-order valence-electron chi connectivity index (χ1n) is 10.9. The van der Waals surface area contributed by atoms with Crippen LogP contribution in [0.5, 0.6) is 0 Å². The molecule has 30 heavy (non-hydrogen) atoms. The average Bonchev–Trinajstić information content (AvgIpc) is 2.65. The molecule has 0 saturated heterocycles. The minimum absolute atomic E-state index is 0.165. The zero-order valence-corrected chi connectivity index (χ0v) is 20.2. The van der Waals surface area contributed by atoms with E-state index in [-0.39, 0.29) is 16.6 Å². The van der Waals surface area contributed by atoms with Crippen LogP contribution in [0.15, 0.2) is 46.8 Å². The molecule has 0 aromatic heterocycles. The smallest absolute Gasteiger partial charge is 0.155 e. The Hall–Kier alpha value is -1.85. The number of rotatable bonds is 8. The van der Waals surface area contributed by atoms with Crippen LogP contribution in [0.4, 0.5) is 0 Å². The van der Waals surface area contributed by atoms with Crippen LogP contribution in [0.2, 0.25) is 0 Å². The Kier molecular flexibility index (Phi) is 6.80. The standard InChI is InChI=1S/C25H42N4O/c1-22(2)13-17(9-11-19(22)26)24(5,15-28-7)21(30)25(6,16-29-8)18-10-12-20(27)23(3,4)14-18/h9-12,28-29H,13-16,26-27H2,1-8H3. The van der Waals surface area contributed by atoms with Crippen LogP contribution >= 0.6 is 0 Å². The van der Waals surface area contributed by atoms with Crippen molar-refractivity contribution in [1.29, 1.82) is 0 Å². The zero-order valence-electron chi connectivity index (χ0n) is 20.2. The molecule has 0 aromatic rings. The van der Waals surface area contributed by atoms with E-state index in [2.05, 4.69) is 64.3 Å². The second-order valence-electron chi connectivity index (χ2n) is 10.8. The van der Waals surface area contributed by atoms with Gasteiger partial charge >= 0.3 is 0 Å². The van der Waals surface area contributed by atoms with Gasteiger partial charge in [-0.15, -0.1) is 0 Å². The molecule has 5 nitrogen and oxygen atoms in total. The number of nitrogens with two attached hydrogens (primary N) is 2. The third-order valence-corrected chi connectivity index (χ3v) is 7.24. The van der Waals surface area contributed by atoms with Crippen LogP contribution in [-0.4, -0.2) is 33.0 Å². The van der Waals surface area contributed by atoms with E-state index >= 15 is 0 Å². The molecule has 0 bridgehead atoms. The first-order valence-corrected chi connectivity index (χ1v) is 10.9. The second-order valence-corrected chi connectivity index (χ2v) is 10.8. The molecule has 0 fully saturated rings. The monoisotopic (exact) mass is 414 g/mol. The minimum atomic E-state index is -0.646. The summed E-state index contributed by atoms with van der Waals surface area (Å²) < 4.78 is 0. The summed E-state index contributed by atoms with van der Waals surface area (Å²) >= 11 is 0. The van der Waals surface area contributed by atoms with Crippen LogP contribution in [-0.2, 0) is 4.79 Å². The van der Waals surface area contributed by atoms with Crippen LogP contribution in [0.1, 0.15) is 54.4 Å². The van der Waals surface area contributed by atoms with Gasteiger partial charge in [-0.2, -0.15) is 0 Å². The molecule has 0 heterocycles. The normalized spacial score (nSPS) is 24.5. The lowest BCUT2D eigenvalue weighted by Crippen LogP contribution is -2.52. The van der Waals surface area contributed by atoms with Gasteiger partial charge in [-0.25, -0.2) is 0 Å². The molecule has 6 N–H and O–H groups in total. The summed E-state index contributed by atoms with van der Waals surface area (Å²) in [5, 5.41) is 6.56. The van der Waals surface area contributed by atoms with Gasteiger partial charge in [0.05, 0.1) is 10.8 Å². The zero-order chi connectivity index (χ0) is 23.0. The summed E-state index contributed by atoms with van der Waals surface area (Å²) in [5.41, 5.74) is 14.8. The second kappa shape index (κ2) is 8.35. The first-order chi connectivity index (χ1) is 13.7. The van der Waals surface area contributed by atoms with Crippen molar-refractivity contribution in [3.63, 3.8) is 0 Å². The molecule has 2 unspecified atom stereocenters. The van der Waals surface area contributed by atoms with Gasteiger partial charge in [0.2, 0.25) is 0 Å². The molecule has 0 aromatic carbocycles. The van der Waals surface area contributed by atoms with Gasteiger partial charge in [-0.05, 0) is 52.9 Å². The average molecular weight is 415 g/mol. The van der Waals surface area contributed by atoms with Crippen molar-refractivity contribution >= 4 is 5.78 Å². The molecule has 0 aliphatic heterocycles. The fourth-order valence-electron chi connectivity index (χ4n) is 4.86. The topological polar surface area (TPSA) is 93.2 Å². The van der Waals surface area contributed by atoms with Crippen molar-refractivity contribution in [2.24, 2.45) is 33.1 Å². The van der Waals surface area contributed by atoms with E-state index < -0.39 is 10.8 Å². The highest BCUT2D eigenvalue weighted by Gasteiger charge is 2.50. The Morgan fingerprint density at radius 3 is 1.43 bits per heavy atom. The number of Topliss-reactive ketones (excluding diaryl/α,β-unsaturated/α-hetero) is 1. The first kappa shape index (κ1) is 24.4. The van der Waals surface area contributed by atoms with Gasteiger partial charge in [0.1, 0.15) is 0 Å². The van der Waals surface area contributed by atoms with E-state index in [1.165, 1.54) is 0 Å². The molecule has 0 spiro atoms. The molecule has 2 aliphatic carbocycles. The third kappa shape index (κ3) is 4.28. The fourth-order valence-corrected chi connectivity index (χ4v) is 4.86. The largest absolute Gasteiger partial charge is 0.402 e. The van der Waals surface area contributed by atoms with E-state index in [0.717, 1.165) is 35.4 Å². The van der Waals surface area contributed by atoms with E-state index in [1.54, 1.807) is 0 Å². The molecular formula is C25H42N4O. The molecule has 0 radical (unpaired) electrons. The lowest BCUT2D eigenvalue weighted by Gasteiger charge is -2.45. The summed E-state index contributed by atoms with van der Waals surface area (Å²) in [7, 11) is 3.82. The summed E-state index contributed by atoms with van der Waals surface area (Å²) in [6.45, 7) is 13.9. The third-order valence-electron chi connectivity index (χ3n) is 7.24. The lowest BCUT2D eigenvalue weighted by molar-refractivity contribution is -0.133. The minimum Gasteiger partial charge on any atom is -0.402 e. The molecule has 0 saturated carbocycles. The van der Waals surface area contributed by atoms with E-state index in [0.29, 0.717) is 13.1 Å². The maximum absolute atomic E-state index is 14.4. The molecule has 0 amide bonds. The van der Waals surface area contributed by atoms with Gasteiger partial charge < -0.3 is 22.1 Å². The van der Waals surface area contributed by atoms with Crippen LogP contribution in [0.25, 0.3) is 0 Å². The van der Waals surface area contributed by atoms with Crippen LogP contribution in [0.3, 0.4) is 0 Å². The van der Waals surface area contributed by atoms with Gasteiger partial charge in [-0.3, -0.25) is 4.79 Å². The quantitative estimate of drug-likeness (QED) is 0.488. The van der Waals surface area contributed by atoms with Crippen molar-refractivity contribution in [3.05, 3.63) is 46.8 Å². The Morgan fingerprint density at radius 2 is 1.17 bits per heavy atom. The number of carbonyl (C=O) groups is 1. The van der Waals surface area contributed by atoms with Gasteiger partial charge in [-0.1, -0.05) is 51.0 Å². The highest BCUT2D eigenvalue weighted by Crippen LogP contribution is 2.49. The Morgan fingerprint density at radius 1 is 0.833 bits per heavy atom. The van der Waals surface area contributed by atoms with E-state index in [9.17, 15) is 4.79 Å². The summed E-state index contributed by atoms with van der Waals surface area (Å²) in [5.74, 6) is 0.227. The number of nitrogens with one attached hydrogen (secondary N) is 2. The number of ketones is 1. The molecule has 2 aliphatic rings. The van der Waals surface area contributed by atoms with E-state index in [1.807, 2.05) is 26.2 Å². The highest BCUT2D eigenvalue weighted by atomic mass is 16.1. The maximum atomic E-state index is 14.4. The fraction of sp³-hybridized carbons (Fsp3) is 0.640. The SMILES string of the molecule is CNCC(C)(C(=O)C(C)(CNC)C1=CC=C(N)C(C)(C)C1)C1=CC=C(N)C(C)(C)C1. The molecule has 5 heteroatoms. The van der Waals surface area contributed by atoms with Crippen molar-refractivity contribution in [2.45, 2.75) is 54.4 Å². The van der Waals surface area contributed by atoms with Crippen molar-refractivity contribution < 1.29 is 4.79 Å². The van der Waals surface area contributed by atoms with E-state index in [4.69, 9.17) is 11.5 Å². The predicted molar refractivity (Wildman–Crippen MR) is 127 cm³/mol. The number of carbonyl (C=O) groups excluding carboxylic acids is 1. The van der Waals surface area contributed by atoms with Crippen molar-refractivity contribution in [2.75, 3.05) is 27.2 Å². The highest BCUT2D eigenvalue weighted by molar-refractivity contribution is 5.95. The van der Waals surface area contributed by atoms with Crippen molar-refractivity contribution in [3.8, 4) is 0 Å². The lowest BCUT2D eigenvalue weighted by atomic mass is 9.59. The van der Waals surface area contributed by atoms with Gasteiger partial charge in [0.15, 0.2) is 5.78 Å². The molecule has 2 atom stereocenters. The van der Waals surface area contributed by atoms with Crippen molar-refractivity contribution in [1.82, 2.24) is 10.6 Å². The van der Waals surface area contributed by atoms with Crippen LogP contribution < -0.4 is 22.1 Å². The Bertz CT molecular complexity index is 749. The number of hydrogen-bond donors (Lipinski definition) is 4. The summed E-state index contributed by atoms with van der Waals surface area (Å²) in [6, 6.07) is 0. The Balaban J connectivity index is 2.57. The summed E-state index contributed by atoms with van der Waals surface area (Å²) in [6.07, 6.45) is 9.61. The van der Waals surface area contributed by atoms with Gasteiger partial charge in [0, 0.05) is 35.3 Å². The Labute approximate surface area is 183 Å². The number of allylic oxidation sites excluding steroid dienone is 6. The van der Waals surface area contributed by atoms with Crippen LogP contribution in [0, 0.1) is 21.7 Å². The summed E-state index contributed by atoms with van der Waals surface area (Å²) in [4.78, 5) is 14.4. The van der Waals surface area contributed by atoms with Gasteiger partial charge in [0.25, 0.3) is 0 Å². The molecule has 168 valence electrons. The number of hydrogen-bond acceptors (Lipinski definition) is 5. The predicted octanol–water partition coefficient (Wildman–Crippen LogP) is 3.40. The molecular weight excluding hydrogens is 372 g/mol. The maximum Gasteiger partial charge on any atom is 0.155 e.